The van der Waals surface area contributed by atoms with Gasteiger partial charge in [0.15, 0.2) is 5.65 Å². The van der Waals surface area contributed by atoms with Crippen LogP contribution in [0.5, 0.6) is 0 Å². The summed E-state index contributed by atoms with van der Waals surface area (Å²) in [6.07, 6.45) is 3.07. The van der Waals surface area contributed by atoms with Gasteiger partial charge in [-0.15, -0.1) is 0 Å². The topological polar surface area (TPSA) is 51.0 Å². The van der Waals surface area contributed by atoms with Crippen molar-refractivity contribution in [3.05, 3.63) is 58.9 Å². The average Bonchev–Trinajstić information content (AvgIpc) is 3.03. The summed E-state index contributed by atoms with van der Waals surface area (Å²) in [5.74, 6) is 0.679. The van der Waals surface area contributed by atoms with Gasteiger partial charge >= 0.3 is 0 Å². The number of piperidine rings is 1. The number of aryl methyl sites for hydroxylation is 2. The van der Waals surface area contributed by atoms with Crippen molar-refractivity contribution in [1.29, 1.82) is 0 Å². The van der Waals surface area contributed by atoms with Crippen LogP contribution in [-0.2, 0) is 13.0 Å². The van der Waals surface area contributed by atoms with Crippen LogP contribution in [0.4, 0.5) is 0 Å². The summed E-state index contributed by atoms with van der Waals surface area (Å²) in [4.78, 5) is 20.3. The molecule has 0 unspecified atom stereocenters. The fourth-order valence-electron chi connectivity index (χ4n) is 4.17. The minimum atomic E-state index is 0.121. The molecule has 0 radical (unpaired) electrons. The summed E-state index contributed by atoms with van der Waals surface area (Å²) in [6.45, 7) is 8.61. The zero-order chi connectivity index (χ0) is 19.7. The van der Waals surface area contributed by atoms with Gasteiger partial charge in [0.25, 0.3) is 5.91 Å². The van der Waals surface area contributed by atoms with Crippen molar-refractivity contribution in [3.8, 4) is 0 Å². The van der Waals surface area contributed by atoms with Crippen molar-refractivity contribution in [1.82, 2.24) is 19.7 Å². The quantitative estimate of drug-likeness (QED) is 0.685. The predicted molar refractivity (Wildman–Crippen MR) is 111 cm³/mol. The third kappa shape index (κ3) is 3.53. The first-order valence-corrected chi connectivity index (χ1v) is 10.3. The van der Waals surface area contributed by atoms with E-state index in [-0.39, 0.29) is 5.91 Å². The molecule has 0 aliphatic carbocycles. The van der Waals surface area contributed by atoms with E-state index in [0.29, 0.717) is 12.5 Å². The van der Waals surface area contributed by atoms with Crippen LogP contribution in [-0.4, -0.2) is 38.7 Å². The maximum atomic E-state index is 13.4. The van der Waals surface area contributed by atoms with Crippen LogP contribution in [0.15, 0.2) is 36.4 Å². The van der Waals surface area contributed by atoms with Crippen molar-refractivity contribution in [3.63, 3.8) is 0 Å². The number of nitrogens with zero attached hydrogens (tertiary/aromatic N) is 4. The number of hydrogen-bond acceptors (Lipinski definition) is 3. The molecule has 0 spiro atoms. The van der Waals surface area contributed by atoms with E-state index in [9.17, 15) is 4.79 Å². The molecule has 0 bridgehead atoms. The number of carbonyl (C=O) groups is 1. The largest absolute Gasteiger partial charge is 0.338 e. The molecule has 1 aliphatic heterocycles. The fourth-order valence-corrected chi connectivity index (χ4v) is 4.17. The van der Waals surface area contributed by atoms with E-state index in [1.54, 1.807) is 0 Å². The van der Waals surface area contributed by atoms with Gasteiger partial charge in [-0.3, -0.25) is 4.79 Å². The molecule has 4 rings (SSSR count). The van der Waals surface area contributed by atoms with Crippen LogP contribution >= 0.6 is 0 Å². The number of hydrogen-bond donors (Lipinski definition) is 0. The van der Waals surface area contributed by atoms with Crippen LogP contribution in [0.1, 0.15) is 54.0 Å². The Balaban J connectivity index is 1.79. The lowest BCUT2D eigenvalue weighted by molar-refractivity contribution is 0.0685. The first kappa shape index (κ1) is 18.7. The third-order valence-corrected chi connectivity index (χ3v) is 5.64. The van der Waals surface area contributed by atoms with E-state index in [4.69, 9.17) is 10.1 Å². The first-order valence-electron chi connectivity index (χ1n) is 10.3. The smallest absolute Gasteiger partial charge is 0.254 e. The molecule has 3 aromatic rings. The number of carbonyl (C=O) groups excluding carboxylic acids is 1. The Hall–Kier alpha value is -2.69. The molecule has 1 atom stereocenters. The number of benzene rings is 1. The molecule has 1 aliphatic rings. The van der Waals surface area contributed by atoms with Crippen LogP contribution in [0.25, 0.3) is 11.0 Å². The molecule has 1 amide bonds. The molecule has 0 N–H and O–H groups in total. The summed E-state index contributed by atoms with van der Waals surface area (Å²) in [5.41, 5.74) is 4.56. The molecule has 0 saturated carbocycles. The van der Waals surface area contributed by atoms with Crippen LogP contribution in [0.3, 0.4) is 0 Å². The van der Waals surface area contributed by atoms with E-state index in [2.05, 4.69) is 26.0 Å². The Morgan fingerprint density at radius 3 is 2.75 bits per heavy atom. The van der Waals surface area contributed by atoms with Gasteiger partial charge in [-0.1, -0.05) is 44.2 Å². The van der Waals surface area contributed by atoms with Crippen LogP contribution in [0.2, 0.25) is 0 Å². The highest BCUT2D eigenvalue weighted by molar-refractivity contribution is 6.06. The molecule has 3 heterocycles. The van der Waals surface area contributed by atoms with E-state index in [0.717, 1.165) is 53.9 Å². The standard InChI is InChI=1S/C23H28N4O/c1-4-19-13-20(23(28)26-12-8-9-16(2)14-26)21-17(3)25-27(22(21)24-19)15-18-10-6-5-7-11-18/h5-7,10-11,13,16H,4,8-9,12,14-15H2,1-3H3/t16-/m1/s1. The zero-order valence-corrected chi connectivity index (χ0v) is 17.0. The van der Waals surface area contributed by atoms with Gasteiger partial charge in [0.05, 0.1) is 23.2 Å². The van der Waals surface area contributed by atoms with Gasteiger partial charge in [0.2, 0.25) is 0 Å². The Kier molecular flexibility index (Phi) is 5.16. The lowest BCUT2D eigenvalue weighted by Gasteiger charge is -2.31. The van der Waals surface area contributed by atoms with E-state index >= 15 is 0 Å². The lowest BCUT2D eigenvalue weighted by Crippen LogP contribution is -2.39. The maximum Gasteiger partial charge on any atom is 0.254 e. The zero-order valence-electron chi connectivity index (χ0n) is 17.0. The van der Waals surface area contributed by atoms with Gasteiger partial charge < -0.3 is 4.90 Å². The van der Waals surface area contributed by atoms with Crippen molar-refractivity contribution in [2.75, 3.05) is 13.1 Å². The van der Waals surface area contributed by atoms with Crippen molar-refractivity contribution in [2.24, 2.45) is 5.92 Å². The summed E-state index contributed by atoms with van der Waals surface area (Å²) < 4.78 is 1.94. The molecular formula is C23H28N4O. The summed E-state index contributed by atoms with van der Waals surface area (Å²) in [6, 6.07) is 12.2. The number of rotatable bonds is 4. The van der Waals surface area contributed by atoms with Gasteiger partial charge in [0.1, 0.15) is 0 Å². The Morgan fingerprint density at radius 1 is 1.25 bits per heavy atom. The monoisotopic (exact) mass is 376 g/mol. The molecular weight excluding hydrogens is 348 g/mol. The first-order chi connectivity index (χ1) is 13.6. The van der Waals surface area contributed by atoms with E-state index < -0.39 is 0 Å². The summed E-state index contributed by atoms with van der Waals surface area (Å²) in [7, 11) is 0. The molecule has 1 aromatic carbocycles. The van der Waals surface area contributed by atoms with E-state index in [1.165, 1.54) is 12.0 Å². The van der Waals surface area contributed by atoms with Crippen molar-refractivity contribution < 1.29 is 4.79 Å². The van der Waals surface area contributed by atoms with Crippen molar-refractivity contribution in [2.45, 2.75) is 46.6 Å². The molecule has 2 aromatic heterocycles. The average molecular weight is 377 g/mol. The molecule has 146 valence electrons. The SMILES string of the molecule is CCc1cc(C(=O)N2CCC[C@@H](C)C2)c2c(C)nn(Cc3ccccc3)c2n1. The van der Waals surface area contributed by atoms with Crippen LogP contribution < -0.4 is 0 Å². The number of fused-ring (bicyclic) bond motifs is 1. The summed E-state index contributed by atoms with van der Waals surface area (Å²) in [5, 5.41) is 5.65. The minimum absolute atomic E-state index is 0.121. The molecule has 5 nitrogen and oxygen atoms in total. The third-order valence-electron chi connectivity index (χ3n) is 5.64. The second-order valence-corrected chi connectivity index (χ2v) is 7.94. The maximum absolute atomic E-state index is 13.4. The molecule has 5 heteroatoms. The Labute approximate surface area is 166 Å². The molecule has 1 saturated heterocycles. The minimum Gasteiger partial charge on any atom is -0.338 e. The normalized spacial score (nSPS) is 17.2. The Morgan fingerprint density at radius 2 is 2.04 bits per heavy atom. The number of amides is 1. The lowest BCUT2D eigenvalue weighted by atomic mass is 9.98. The number of aromatic nitrogens is 3. The fraction of sp³-hybridized carbons (Fsp3) is 0.435. The van der Waals surface area contributed by atoms with Crippen molar-refractivity contribution >= 4 is 16.9 Å². The Bertz CT molecular complexity index is 993. The summed E-state index contributed by atoms with van der Waals surface area (Å²) >= 11 is 0. The van der Waals surface area contributed by atoms with Gasteiger partial charge in [0, 0.05) is 18.8 Å². The second kappa shape index (κ2) is 7.74. The molecule has 1 fully saturated rings. The highest BCUT2D eigenvalue weighted by Crippen LogP contribution is 2.26. The molecule has 28 heavy (non-hydrogen) atoms. The second-order valence-electron chi connectivity index (χ2n) is 7.94. The highest BCUT2D eigenvalue weighted by Gasteiger charge is 2.26. The van der Waals surface area contributed by atoms with E-state index in [1.807, 2.05) is 40.8 Å². The number of likely N-dealkylation sites (tertiary alicyclic amines) is 1. The predicted octanol–water partition coefficient (Wildman–Crippen LogP) is 4.22. The van der Waals surface area contributed by atoms with Gasteiger partial charge in [-0.05, 0) is 43.7 Å². The van der Waals surface area contributed by atoms with Crippen LogP contribution in [0, 0.1) is 12.8 Å². The number of pyridine rings is 1. The van der Waals surface area contributed by atoms with Gasteiger partial charge in [-0.2, -0.15) is 5.10 Å². The highest BCUT2D eigenvalue weighted by atomic mass is 16.2. The van der Waals surface area contributed by atoms with Gasteiger partial charge in [-0.25, -0.2) is 9.67 Å².